The molecule has 0 aliphatic heterocycles. The summed E-state index contributed by atoms with van der Waals surface area (Å²) < 4.78 is 6.99. The predicted octanol–water partition coefficient (Wildman–Crippen LogP) is 2.44. The molecule has 0 unspecified atom stereocenters. The van der Waals surface area contributed by atoms with Gasteiger partial charge < -0.3 is 4.74 Å². The molecule has 1 heterocycles. The monoisotopic (exact) mass is 356 g/mol. The number of rotatable bonds is 4. The number of carbonyl (C=O) groups excluding carboxylic acids is 1. The largest absolute Gasteiger partial charge is 0.468 e. The van der Waals surface area contributed by atoms with Gasteiger partial charge in [-0.05, 0) is 25.1 Å². The number of fused-ring (bicyclic) bond motifs is 1. The average Bonchev–Trinajstić information content (AvgIpc) is 2.45. The molecule has 0 N–H and O–H groups in total. The Labute approximate surface area is 128 Å². The minimum atomic E-state index is -0.345. The first kappa shape index (κ1) is 15.1. The van der Waals surface area contributed by atoms with Crippen molar-refractivity contribution in [3.8, 4) is 0 Å². The Balaban J connectivity index is 2.51. The molecule has 0 spiro atoms. The lowest BCUT2D eigenvalue weighted by atomic mass is 10.2. The van der Waals surface area contributed by atoms with E-state index in [1.807, 2.05) is 13.0 Å². The van der Waals surface area contributed by atoms with Crippen molar-refractivity contribution >= 4 is 44.6 Å². The van der Waals surface area contributed by atoms with E-state index in [9.17, 15) is 9.59 Å². The summed E-state index contributed by atoms with van der Waals surface area (Å²) in [5.41, 5.74) is 0.515. The highest BCUT2D eigenvalue weighted by Crippen LogP contribution is 2.20. The Morgan fingerprint density at radius 3 is 2.90 bits per heavy atom. The molecule has 2 aromatic rings. The fourth-order valence-electron chi connectivity index (χ4n) is 1.74. The Morgan fingerprint density at radius 2 is 2.25 bits per heavy atom. The summed E-state index contributed by atoms with van der Waals surface area (Å²) in [5, 5.41) is 1.08. The van der Waals surface area contributed by atoms with Crippen molar-refractivity contribution in [3.05, 3.63) is 33.0 Å². The van der Waals surface area contributed by atoms with Crippen LogP contribution in [0.2, 0.25) is 0 Å². The molecule has 2 rings (SSSR count). The van der Waals surface area contributed by atoms with Crippen molar-refractivity contribution in [1.82, 2.24) is 9.55 Å². The highest BCUT2D eigenvalue weighted by molar-refractivity contribution is 9.10. The van der Waals surface area contributed by atoms with Crippen LogP contribution in [0.25, 0.3) is 10.9 Å². The zero-order valence-corrected chi connectivity index (χ0v) is 13.5. The smallest absolute Gasteiger partial charge is 0.316 e. The van der Waals surface area contributed by atoms with Crippen molar-refractivity contribution in [2.45, 2.75) is 18.6 Å². The molecule has 7 heteroatoms. The van der Waals surface area contributed by atoms with E-state index in [-0.39, 0.29) is 17.3 Å². The molecule has 0 fully saturated rings. The molecule has 106 valence electrons. The van der Waals surface area contributed by atoms with E-state index in [1.54, 1.807) is 16.7 Å². The Hall–Kier alpha value is -1.34. The minimum Gasteiger partial charge on any atom is -0.468 e. The molecule has 0 aliphatic rings. The van der Waals surface area contributed by atoms with Crippen molar-refractivity contribution < 1.29 is 9.53 Å². The van der Waals surface area contributed by atoms with E-state index in [1.165, 1.54) is 18.9 Å². The van der Waals surface area contributed by atoms with Crippen molar-refractivity contribution in [1.29, 1.82) is 0 Å². The summed E-state index contributed by atoms with van der Waals surface area (Å²) >= 11 is 4.55. The third-order valence-electron chi connectivity index (χ3n) is 2.74. The number of carbonyl (C=O) groups is 1. The molecule has 0 radical (unpaired) electrons. The van der Waals surface area contributed by atoms with Gasteiger partial charge in [-0.3, -0.25) is 14.2 Å². The Bertz CT molecular complexity index is 715. The van der Waals surface area contributed by atoms with Gasteiger partial charge in [0.05, 0.1) is 23.8 Å². The first-order valence-corrected chi connectivity index (χ1v) is 7.74. The van der Waals surface area contributed by atoms with Gasteiger partial charge in [-0.25, -0.2) is 4.98 Å². The van der Waals surface area contributed by atoms with Crippen LogP contribution < -0.4 is 5.56 Å². The SMILES string of the molecule is CCn1c(SCC(=O)OC)nc2ccc(Br)cc2c1=O. The van der Waals surface area contributed by atoms with E-state index in [2.05, 4.69) is 25.7 Å². The second kappa shape index (κ2) is 6.41. The first-order valence-electron chi connectivity index (χ1n) is 5.96. The number of aromatic nitrogens is 2. The van der Waals surface area contributed by atoms with Gasteiger partial charge in [0.1, 0.15) is 0 Å². The number of hydrogen-bond donors (Lipinski definition) is 0. The molecule has 0 saturated heterocycles. The summed E-state index contributed by atoms with van der Waals surface area (Å²) in [4.78, 5) is 28.1. The van der Waals surface area contributed by atoms with Crippen LogP contribution in [-0.2, 0) is 16.1 Å². The number of thioether (sulfide) groups is 1. The summed E-state index contributed by atoms with van der Waals surface area (Å²) in [5.74, 6) is -0.215. The topological polar surface area (TPSA) is 61.2 Å². The van der Waals surface area contributed by atoms with Gasteiger partial charge >= 0.3 is 5.97 Å². The fraction of sp³-hybridized carbons (Fsp3) is 0.308. The molecular formula is C13H13BrN2O3S. The summed E-state index contributed by atoms with van der Waals surface area (Å²) in [7, 11) is 1.33. The Morgan fingerprint density at radius 1 is 1.50 bits per heavy atom. The molecular weight excluding hydrogens is 344 g/mol. The fourth-order valence-corrected chi connectivity index (χ4v) is 3.00. The van der Waals surface area contributed by atoms with Gasteiger partial charge in [0.25, 0.3) is 5.56 Å². The van der Waals surface area contributed by atoms with Gasteiger partial charge in [0.2, 0.25) is 0 Å². The number of hydrogen-bond acceptors (Lipinski definition) is 5. The minimum absolute atomic E-state index is 0.105. The molecule has 1 aromatic carbocycles. The molecule has 0 saturated carbocycles. The van der Waals surface area contributed by atoms with Gasteiger partial charge in [0, 0.05) is 11.0 Å². The third-order valence-corrected chi connectivity index (χ3v) is 4.19. The zero-order valence-electron chi connectivity index (χ0n) is 11.1. The quantitative estimate of drug-likeness (QED) is 0.478. The lowest BCUT2D eigenvalue weighted by Gasteiger charge is -2.10. The van der Waals surface area contributed by atoms with Gasteiger partial charge in [-0.1, -0.05) is 27.7 Å². The highest BCUT2D eigenvalue weighted by Gasteiger charge is 2.12. The number of ether oxygens (including phenoxy) is 1. The van der Waals surface area contributed by atoms with Crippen LogP contribution in [0.15, 0.2) is 32.6 Å². The molecule has 0 amide bonds. The van der Waals surface area contributed by atoms with Gasteiger partial charge in [0.15, 0.2) is 5.16 Å². The van der Waals surface area contributed by atoms with E-state index in [0.29, 0.717) is 22.6 Å². The van der Waals surface area contributed by atoms with Crippen molar-refractivity contribution in [2.24, 2.45) is 0 Å². The second-order valence-corrected chi connectivity index (χ2v) is 5.83. The summed E-state index contributed by atoms with van der Waals surface area (Å²) in [6, 6.07) is 5.37. The normalized spacial score (nSPS) is 10.8. The maximum absolute atomic E-state index is 12.4. The summed E-state index contributed by atoms with van der Waals surface area (Å²) in [6.07, 6.45) is 0. The van der Waals surface area contributed by atoms with Crippen LogP contribution in [-0.4, -0.2) is 28.4 Å². The lowest BCUT2D eigenvalue weighted by Crippen LogP contribution is -2.23. The lowest BCUT2D eigenvalue weighted by molar-refractivity contribution is -0.137. The van der Waals surface area contributed by atoms with Crippen LogP contribution in [0.1, 0.15) is 6.92 Å². The molecule has 0 bridgehead atoms. The zero-order chi connectivity index (χ0) is 14.7. The predicted molar refractivity (Wildman–Crippen MR) is 82.1 cm³/mol. The van der Waals surface area contributed by atoms with Gasteiger partial charge in [-0.2, -0.15) is 0 Å². The maximum atomic E-state index is 12.4. The third kappa shape index (κ3) is 3.04. The van der Waals surface area contributed by atoms with Crippen LogP contribution in [0.4, 0.5) is 0 Å². The number of nitrogens with zero attached hydrogens (tertiary/aromatic N) is 2. The van der Waals surface area contributed by atoms with Crippen LogP contribution in [0.5, 0.6) is 0 Å². The molecule has 1 aromatic heterocycles. The van der Waals surface area contributed by atoms with Crippen LogP contribution in [0.3, 0.4) is 0 Å². The number of halogens is 1. The van der Waals surface area contributed by atoms with E-state index in [4.69, 9.17) is 0 Å². The molecule has 5 nitrogen and oxygen atoms in total. The van der Waals surface area contributed by atoms with Crippen molar-refractivity contribution in [3.63, 3.8) is 0 Å². The molecule has 0 aliphatic carbocycles. The van der Waals surface area contributed by atoms with Crippen LogP contribution >= 0.6 is 27.7 Å². The first-order chi connectivity index (χ1) is 9.56. The number of benzene rings is 1. The number of esters is 1. The maximum Gasteiger partial charge on any atom is 0.316 e. The molecule has 20 heavy (non-hydrogen) atoms. The standard InChI is InChI=1S/C13H13BrN2O3S/c1-3-16-12(18)9-6-8(14)4-5-10(9)15-13(16)20-7-11(17)19-2/h4-6H,3,7H2,1-2H3. The summed E-state index contributed by atoms with van der Waals surface area (Å²) in [6.45, 7) is 2.37. The van der Waals surface area contributed by atoms with Crippen molar-refractivity contribution in [2.75, 3.05) is 12.9 Å². The van der Waals surface area contributed by atoms with Crippen LogP contribution in [0, 0.1) is 0 Å². The molecule has 0 atom stereocenters. The van der Waals surface area contributed by atoms with E-state index >= 15 is 0 Å². The van der Waals surface area contributed by atoms with E-state index in [0.717, 1.165) is 4.47 Å². The van der Waals surface area contributed by atoms with E-state index < -0.39 is 0 Å². The number of methoxy groups -OCH3 is 1. The Kier molecular flexibility index (Phi) is 4.82. The average molecular weight is 357 g/mol. The second-order valence-electron chi connectivity index (χ2n) is 3.97. The highest BCUT2D eigenvalue weighted by atomic mass is 79.9. The van der Waals surface area contributed by atoms with Gasteiger partial charge in [-0.15, -0.1) is 0 Å².